The highest BCUT2D eigenvalue weighted by molar-refractivity contribution is 9.10. The van der Waals surface area contributed by atoms with Gasteiger partial charge in [0.25, 0.3) is 0 Å². The second-order valence-electron chi connectivity index (χ2n) is 4.31. The van der Waals surface area contributed by atoms with Gasteiger partial charge in [-0.1, -0.05) is 24.3 Å². The van der Waals surface area contributed by atoms with Gasteiger partial charge < -0.3 is 0 Å². The van der Waals surface area contributed by atoms with E-state index in [1.54, 1.807) is 36.5 Å². The summed E-state index contributed by atoms with van der Waals surface area (Å²) >= 11 is 3.10. The van der Waals surface area contributed by atoms with Gasteiger partial charge in [-0.15, -0.1) is 0 Å². The van der Waals surface area contributed by atoms with E-state index in [0.29, 0.717) is 11.1 Å². The van der Waals surface area contributed by atoms with E-state index in [0.717, 1.165) is 5.39 Å². The minimum Gasteiger partial charge on any atom is -0.288 e. The Kier molecular flexibility index (Phi) is 3.32. The molecule has 0 saturated heterocycles. The van der Waals surface area contributed by atoms with Gasteiger partial charge in [0.05, 0.1) is 15.6 Å². The zero-order valence-corrected chi connectivity index (χ0v) is 11.9. The number of pyridine rings is 1. The van der Waals surface area contributed by atoms with E-state index < -0.39 is 5.82 Å². The highest BCUT2D eigenvalue weighted by Gasteiger charge is 2.17. The molecule has 98 valence electrons. The van der Waals surface area contributed by atoms with Gasteiger partial charge in [-0.2, -0.15) is 0 Å². The molecule has 0 bridgehead atoms. The smallest absolute Gasteiger partial charge is 0.196 e. The van der Waals surface area contributed by atoms with Crippen LogP contribution in [-0.2, 0) is 0 Å². The molecule has 2 nitrogen and oxygen atoms in total. The molecule has 0 amide bonds. The molecule has 3 aromatic rings. The van der Waals surface area contributed by atoms with E-state index in [4.69, 9.17) is 0 Å². The molecule has 3 rings (SSSR count). The predicted molar refractivity (Wildman–Crippen MR) is 79.3 cm³/mol. The van der Waals surface area contributed by atoms with Crippen LogP contribution in [0, 0.1) is 5.82 Å². The lowest BCUT2D eigenvalue weighted by Crippen LogP contribution is -2.05. The number of carbonyl (C=O) groups is 1. The van der Waals surface area contributed by atoms with Gasteiger partial charge in [0.2, 0.25) is 0 Å². The van der Waals surface area contributed by atoms with E-state index in [9.17, 15) is 9.18 Å². The first kappa shape index (κ1) is 12.9. The number of benzene rings is 2. The summed E-state index contributed by atoms with van der Waals surface area (Å²) in [4.78, 5) is 16.7. The third-order valence-corrected chi connectivity index (χ3v) is 3.70. The molecule has 20 heavy (non-hydrogen) atoms. The maximum atomic E-state index is 14.1. The Bertz CT molecular complexity index is 811. The minimum atomic E-state index is -0.543. The van der Waals surface area contributed by atoms with Crippen LogP contribution in [0.15, 0.2) is 59.2 Å². The summed E-state index contributed by atoms with van der Waals surface area (Å²) in [6.45, 7) is 0. The van der Waals surface area contributed by atoms with Crippen molar-refractivity contribution in [3.05, 3.63) is 76.1 Å². The molecule has 4 heteroatoms. The van der Waals surface area contributed by atoms with E-state index >= 15 is 0 Å². The first-order valence-electron chi connectivity index (χ1n) is 6.01. The number of hydrogen-bond donors (Lipinski definition) is 0. The Morgan fingerprint density at radius 3 is 2.60 bits per heavy atom. The number of nitrogens with zero attached hydrogens (tertiary/aromatic N) is 1. The number of halogens is 2. The highest BCUT2D eigenvalue weighted by atomic mass is 79.9. The van der Waals surface area contributed by atoms with Crippen molar-refractivity contribution in [1.29, 1.82) is 0 Å². The number of aromatic nitrogens is 1. The Hall–Kier alpha value is -2.07. The van der Waals surface area contributed by atoms with Crippen molar-refractivity contribution in [3.8, 4) is 0 Å². The van der Waals surface area contributed by atoms with Crippen molar-refractivity contribution >= 4 is 32.6 Å². The zero-order chi connectivity index (χ0) is 14.1. The maximum Gasteiger partial charge on any atom is 0.196 e. The molecule has 0 aliphatic rings. The molecule has 0 spiro atoms. The molecule has 0 radical (unpaired) electrons. The van der Waals surface area contributed by atoms with Crippen LogP contribution in [0.4, 0.5) is 4.39 Å². The zero-order valence-electron chi connectivity index (χ0n) is 10.3. The SMILES string of the molecule is O=C(c1cccc(Br)c1F)c1cccc2ncccc12. The molecule has 0 aliphatic heterocycles. The highest BCUT2D eigenvalue weighted by Crippen LogP contribution is 2.24. The van der Waals surface area contributed by atoms with Gasteiger partial charge >= 0.3 is 0 Å². The van der Waals surface area contributed by atoms with Gasteiger partial charge in [-0.25, -0.2) is 4.39 Å². The maximum absolute atomic E-state index is 14.1. The Balaban J connectivity index is 2.21. The number of rotatable bonds is 2. The van der Waals surface area contributed by atoms with Gasteiger partial charge in [-0.3, -0.25) is 9.78 Å². The molecule has 0 saturated carbocycles. The summed E-state index contributed by atoms with van der Waals surface area (Å²) < 4.78 is 14.3. The quantitative estimate of drug-likeness (QED) is 0.653. The van der Waals surface area contributed by atoms with Crippen LogP contribution < -0.4 is 0 Å². The summed E-state index contributed by atoms with van der Waals surface area (Å²) in [5, 5.41) is 0.722. The summed E-state index contributed by atoms with van der Waals surface area (Å²) in [6.07, 6.45) is 1.66. The van der Waals surface area contributed by atoms with E-state index in [1.165, 1.54) is 6.07 Å². The molecule has 0 unspecified atom stereocenters. The van der Waals surface area contributed by atoms with Crippen molar-refractivity contribution in [1.82, 2.24) is 4.98 Å². The van der Waals surface area contributed by atoms with Crippen LogP contribution >= 0.6 is 15.9 Å². The lowest BCUT2D eigenvalue weighted by molar-refractivity contribution is 0.103. The van der Waals surface area contributed by atoms with Crippen LogP contribution in [0.2, 0.25) is 0 Å². The molecular formula is C16H9BrFNO. The molecule has 0 fully saturated rings. The van der Waals surface area contributed by atoms with Crippen molar-refractivity contribution in [3.63, 3.8) is 0 Å². The lowest BCUT2D eigenvalue weighted by Gasteiger charge is -2.07. The molecule has 1 heterocycles. The monoisotopic (exact) mass is 329 g/mol. The molecule has 2 aromatic carbocycles. The Labute approximate surface area is 123 Å². The van der Waals surface area contributed by atoms with Gasteiger partial charge in [0, 0.05) is 17.1 Å². The largest absolute Gasteiger partial charge is 0.288 e. The van der Waals surface area contributed by atoms with Crippen LogP contribution in [0.3, 0.4) is 0 Å². The number of fused-ring (bicyclic) bond motifs is 1. The Morgan fingerprint density at radius 2 is 1.75 bits per heavy atom. The standard InChI is InChI=1S/C16H9BrFNO/c17-13-7-1-5-12(15(13)18)16(20)11-4-2-8-14-10(11)6-3-9-19-14/h1-9H. The fraction of sp³-hybridized carbons (Fsp3) is 0. The lowest BCUT2D eigenvalue weighted by atomic mass is 9.99. The van der Waals surface area contributed by atoms with E-state index in [2.05, 4.69) is 20.9 Å². The van der Waals surface area contributed by atoms with Gasteiger partial charge in [0.1, 0.15) is 5.82 Å². The third kappa shape index (κ3) is 2.12. The van der Waals surface area contributed by atoms with Crippen molar-refractivity contribution < 1.29 is 9.18 Å². The van der Waals surface area contributed by atoms with Crippen molar-refractivity contribution in [2.24, 2.45) is 0 Å². The van der Waals surface area contributed by atoms with Crippen molar-refractivity contribution in [2.45, 2.75) is 0 Å². The van der Waals surface area contributed by atoms with Crippen LogP contribution in [-0.4, -0.2) is 10.8 Å². The molecular weight excluding hydrogens is 321 g/mol. The first-order valence-corrected chi connectivity index (χ1v) is 6.80. The summed E-state index contributed by atoms with van der Waals surface area (Å²) in [5.74, 6) is -0.888. The van der Waals surface area contributed by atoms with E-state index in [-0.39, 0.29) is 15.8 Å². The fourth-order valence-corrected chi connectivity index (χ4v) is 2.49. The molecule has 0 atom stereocenters. The molecule has 1 aromatic heterocycles. The van der Waals surface area contributed by atoms with E-state index in [1.807, 2.05) is 12.1 Å². The topological polar surface area (TPSA) is 30.0 Å². The predicted octanol–water partition coefficient (Wildman–Crippen LogP) is 4.37. The van der Waals surface area contributed by atoms with Gasteiger partial charge in [0.15, 0.2) is 5.78 Å². The fourth-order valence-electron chi connectivity index (χ4n) is 2.13. The normalized spacial score (nSPS) is 10.7. The van der Waals surface area contributed by atoms with Crippen molar-refractivity contribution in [2.75, 3.05) is 0 Å². The van der Waals surface area contributed by atoms with Crippen LogP contribution in [0.25, 0.3) is 10.9 Å². The average molecular weight is 330 g/mol. The second kappa shape index (κ2) is 5.13. The number of carbonyl (C=O) groups excluding carboxylic acids is 1. The number of ketones is 1. The van der Waals surface area contributed by atoms with Gasteiger partial charge in [-0.05, 0) is 40.2 Å². The van der Waals surface area contributed by atoms with Crippen LogP contribution in [0.5, 0.6) is 0 Å². The molecule has 0 N–H and O–H groups in total. The minimum absolute atomic E-state index is 0.0516. The summed E-state index contributed by atoms with van der Waals surface area (Å²) in [5.41, 5.74) is 1.22. The molecule has 0 aliphatic carbocycles. The van der Waals surface area contributed by atoms with Crippen LogP contribution in [0.1, 0.15) is 15.9 Å². The summed E-state index contributed by atoms with van der Waals surface area (Å²) in [7, 11) is 0. The number of hydrogen-bond acceptors (Lipinski definition) is 2. The average Bonchev–Trinajstić information content (AvgIpc) is 2.49. The summed E-state index contributed by atoms with van der Waals surface area (Å²) in [6, 6.07) is 13.5. The second-order valence-corrected chi connectivity index (χ2v) is 5.16. The first-order chi connectivity index (χ1) is 9.68. The third-order valence-electron chi connectivity index (χ3n) is 3.09. The Morgan fingerprint density at radius 1 is 1.00 bits per heavy atom.